The van der Waals surface area contributed by atoms with Crippen LogP contribution in [0.1, 0.15) is 16.7 Å². The van der Waals surface area contributed by atoms with Crippen molar-refractivity contribution in [3.8, 4) is 0 Å². The van der Waals surface area contributed by atoms with E-state index < -0.39 is 0 Å². The monoisotopic (exact) mass is 449 g/mol. The van der Waals surface area contributed by atoms with E-state index in [2.05, 4.69) is 58.2 Å². The van der Waals surface area contributed by atoms with Crippen LogP contribution in [0.15, 0.2) is 53.1 Å². The molecule has 0 bridgehead atoms. The molecule has 144 valence electrons. The molecule has 0 aliphatic carbocycles. The molecule has 0 saturated carbocycles. The van der Waals surface area contributed by atoms with E-state index in [9.17, 15) is 4.79 Å². The fraction of sp³-hybridized carbons (Fsp3) is 0.286. The van der Waals surface area contributed by atoms with Gasteiger partial charge in [-0.3, -0.25) is 0 Å². The van der Waals surface area contributed by atoms with Crippen LogP contribution in [0, 0.1) is 13.8 Å². The lowest BCUT2D eigenvalue weighted by molar-refractivity contribution is 0.198. The number of nitrogens with one attached hydrogen (secondary N) is 1. The van der Waals surface area contributed by atoms with E-state index in [0.717, 1.165) is 36.2 Å². The zero-order valence-electron chi connectivity index (χ0n) is 15.6. The molecule has 0 spiro atoms. The van der Waals surface area contributed by atoms with Crippen molar-refractivity contribution in [3.05, 3.63) is 69.8 Å². The highest BCUT2D eigenvalue weighted by atomic mass is 79.9. The quantitative estimate of drug-likeness (QED) is 0.715. The minimum atomic E-state index is -0.0426. The molecule has 4 nitrogen and oxygen atoms in total. The van der Waals surface area contributed by atoms with Crippen LogP contribution in [0.3, 0.4) is 0 Å². The molecule has 2 aromatic rings. The van der Waals surface area contributed by atoms with Crippen molar-refractivity contribution >= 4 is 46.1 Å². The van der Waals surface area contributed by atoms with Gasteiger partial charge in [0.15, 0.2) is 0 Å². The lowest BCUT2D eigenvalue weighted by Crippen LogP contribution is -2.51. The van der Waals surface area contributed by atoms with Crippen LogP contribution >= 0.6 is 28.3 Å². The molecule has 6 heteroatoms. The van der Waals surface area contributed by atoms with Gasteiger partial charge in [0.05, 0.1) is 0 Å². The lowest BCUT2D eigenvalue weighted by Gasteiger charge is -2.36. The Bertz CT molecular complexity index is 800. The van der Waals surface area contributed by atoms with Gasteiger partial charge in [-0.05, 0) is 54.8 Å². The average Bonchev–Trinajstić information content (AvgIpc) is 2.66. The summed E-state index contributed by atoms with van der Waals surface area (Å²) in [7, 11) is 0. The Labute approximate surface area is 175 Å². The van der Waals surface area contributed by atoms with Crippen LogP contribution in [0.25, 0.3) is 6.08 Å². The van der Waals surface area contributed by atoms with Gasteiger partial charge in [0, 0.05) is 42.5 Å². The molecule has 1 aliphatic heterocycles. The van der Waals surface area contributed by atoms with E-state index in [0.29, 0.717) is 0 Å². The first-order valence-electron chi connectivity index (χ1n) is 8.83. The Kier molecular flexibility index (Phi) is 7.75. The van der Waals surface area contributed by atoms with Gasteiger partial charge in [0.1, 0.15) is 0 Å². The number of carbonyl (C=O) groups excluding carboxylic acids is 1. The Balaban J connectivity index is 0.00000261. The summed E-state index contributed by atoms with van der Waals surface area (Å²) in [6, 6.07) is 14.3. The molecule has 1 N–H and O–H groups in total. The average molecular weight is 451 g/mol. The number of halogens is 2. The number of amides is 2. The van der Waals surface area contributed by atoms with Crippen molar-refractivity contribution in [1.29, 1.82) is 0 Å². The third-order valence-electron chi connectivity index (χ3n) is 4.84. The van der Waals surface area contributed by atoms with E-state index in [1.54, 1.807) is 6.20 Å². The number of carbonyl (C=O) groups is 1. The summed E-state index contributed by atoms with van der Waals surface area (Å²) in [6.45, 7) is 7.47. The number of hydrogen-bond donors (Lipinski definition) is 1. The Morgan fingerprint density at radius 2 is 1.70 bits per heavy atom. The zero-order chi connectivity index (χ0) is 18.5. The SMILES string of the molecule is Cc1cccc(N2CCN(C(=O)N/C=C/c3ccc(Br)cc3)CC2)c1C.Cl. The minimum absolute atomic E-state index is 0. The van der Waals surface area contributed by atoms with E-state index in [1.165, 1.54) is 16.8 Å². The number of hydrogen-bond acceptors (Lipinski definition) is 2. The summed E-state index contributed by atoms with van der Waals surface area (Å²) in [5.41, 5.74) is 4.96. The van der Waals surface area contributed by atoms with Gasteiger partial charge < -0.3 is 15.1 Å². The van der Waals surface area contributed by atoms with Crippen molar-refractivity contribution in [1.82, 2.24) is 10.2 Å². The second-order valence-corrected chi connectivity index (χ2v) is 7.44. The van der Waals surface area contributed by atoms with Crippen LogP contribution in [0.4, 0.5) is 10.5 Å². The Morgan fingerprint density at radius 3 is 2.37 bits per heavy atom. The topological polar surface area (TPSA) is 35.6 Å². The number of nitrogens with zero attached hydrogens (tertiary/aromatic N) is 2. The normalized spacial score (nSPS) is 14.2. The molecule has 1 aliphatic rings. The molecule has 0 aromatic heterocycles. The molecule has 1 saturated heterocycles. The molecule has 0 unspecified atom stereocenters. The molecular formula is C21H25BrClN3O. The van der Waals surface area contributed by atoms with Crippen molar-refractivity contribution < 1.29 is 4.79 Å². The highest BCUT2D eigenvalue weighted by molar-refractivity contribution is 9.10. The summed E-state index contributed by atoms with van der Waals surface area (Å²) < 4.78 is 1.04. The first kappa shape index (κ1) is 21.3. The number of benzene rings is 2. The Hall–Kier alpha value is -1.98. The van der Waals surface area contributed by atoms with E-state index in [-0.39, 0.29) is 18.4 Å². The summed E-state index contributed by atoms with van der Waals surface area (Å²) in [5, 5.41) is 2.87. The van der Waals surface area contributed by atoms with Crippen LogP contribution in [0.2, 0.25) is 0 Å². The molecule has 1 heterocycles. The van der Waals surface area contributed by atoms with Crippen molar-refractivity contribution in [2.24, 2.45) is 0 Å². The smallest absolute Gasteiger partial charge is 0.321 e. The van der Waals surface area contributed by atoms with Crippen LogP contribution in [0.5, 0.6) is 0 Å². The molecule has 3 rings (SSSR count). The molecule has 1 fully saturated rings. The van der Waals surface area contributed by atoms with Gasteiger partial charge in [0.2, 0.25) is 0 Å². The van der Waals surface area contributed by atoms with Gasteiger partial charge in [-0.25, -0.2) is 4.79 Å². The van der Waals surface area contributed by atoms with Crippen molar-refractivity contribution in [2.45, 2.75) is 13.8 Å². The second-order valence-electron chi connectivity index (χ2n) is 6.53. The van der Waals surface area contributed by atoms with Crippen LogP contribution < -0.4 is 10.2 Å². The predicted octanol–water partition coefficient (Wildman–Crippen LogP) is 4.99. The minimum Gasteiger partial charge on any atom is -0.368 e. The third kappa shape index (κ3) is 5.50. The summed E-state index contributed by atoms with van der Waals surface area (Å²) in [6.07, 6.45) is 3.61. The van der Waals surface area contributed by atoms with Gasteiger partial charge in [-0.1, -0.05) is 40.2 Å². The zero-order valence-corrected chi connectivity index (χ0v) is 18.0. The number of urea groups is 1. The highest BCUT2D eigenvalue weighted by Gasteiger charge is 2.21. The summed E-state index contributed by atoms with van der Waals surface area (Å²) >= 11 is 3.41. The standard InChI is InChI=1S/C21H24BrN3O.ClH/c1-16-4-3-5-20(17(16)2)24-12-14-25(15-13-24)21(26)23-11-10-18-6-8-19(22)9-7-18;/h3-11H,12-15H2,1-2H3,(H,23,26);1H/b11-10+;. The van der Waals surface area contributed by atoms with E-state index in [4.69, 9.17) is 0 Å². The number of aryl methyl sites for hydroxylation is 1. The third-order valence-corrected chi connectivity index (χ3v) is 5.36. The molecule has 2 amide bonds. The fourth-order valence-electron chi connectivity index (χ4n) is 3.10. The fourth-order valence-corrected chi connectivity index (χ4v) is 3.37. The van der Waals surface area contributed by atoms with Gasteiger partial charge in [-0.2, -0.15) is 0 Å². The van der Waals surface area contributed by atoms with Crippen LogP contribution in [-0.4, -0.2) is 37.1 Å². The summed E-state index contributed by atoms with van der Waals surface area (Å²) in [5.74, 6) is 0. The molecule has 2 aromatic carbocycles. The first-order chi connectivity index (χ1) is 12.5. The molecular weight excluding hydrogens is 426 g/mol. The Morgan fingerprint density at radius 1 is 1.04 bits per heavy atom. The first-order valence-corrected chi connectivity index (χ1v) is 9.62. The van der Waals surface area contributed by atoms with Crippen molar-refractivity contribution in [2.75, 3.05) is 31.1 Å². The van der Waals surface area contributed by atoms with Gasteiger partial charge >= 0.3 is 6.03 Å². The number of anilines is 1. The maximum atomic E-state index is 12.3. The molecule has 0 radical (unpaired) electrons. The summed E-state index contributed by atoms with van der Waals surface area (Å²) in [4.78, 5) is 16.6. The van der Waals surface area contributed by atoms with E-state index in [1.807, 2.05) is 35.2 Å². The highest BCUT2D eigenvalue weighted by Crippen LogP contribution is 2.23. The molecule has 0 atom stereocenters. The molecule has 27 heavy (non-hydrogen) atoms. The van der Waals surface area contributed by atoms with Crippen LogP contribution in [-0.2, 0) is 0 Å². The lowest BCUT2D eigenvalue weighted by atomic mass is 10.1. The number of piperazine rings is 1. The van der Waals surface area contributed by atoms with Crippen molar-refractivity contribution in [3.63, 3.8) is 0 Å². The van der Waals surface area contributed by atoms with Gasteiger partial charge in [0.25, 0.3) is 0 Å². The number of rotatable bonds is 3. The van der Waals surface area contributed by atoms with Gasteiger partial charge in [-0.15, -0.1) is 12.4 Å². The second kappa shape index (κ2) is 9.81. The maximum Gasteiger partial charge on any atom is 0.321 e. The predicted molar refractivity (Wildman–Crippen MR) is 119 cm³/mol. The maximum absolute atomic E-state index is 12.3. The largest absolute Gasteiger partial charge is 0.368 e. The van der Waals surface area contributed by atoms with E-state index >= 15 is 0 Å².